The first-order valence-corrected chi connectivity index (χ1v) is 16.1. The quantitative estimate of drug-likeness (QED) is 0.330. The van der Waals surface area contributed by atoms with Crippen molar-refractivity contribution in [3.8, 4) is 22.6 Å². The lowest BCUT2D eigenvalue weighted by atomic mass is 9.99. The summed E-state index contributed by atoms with van der Waals surface area (Å²) >= 11 is 0. The van der Waals surface area contributed by atoms with Crippen molar-refractivity contribution in [2.75, 3.05) is 23.7 Å². The van der Waals surface area contributed by atoms with E-state index < -0.39 is 72.7 Å². The third-order valence-corrected chi connectivity index (χ3v) is 10.4. The predicted octanol–water partition coefficient (Wildman–Crippen LogP) is 4.24. The standard InChI is InChI=1S/C32H31F2N5O5S/c1-6-24(41)37-14-19-15-45(43,44)30-26-22(12-20(27(30)34)25-21(33)8-7-9-23(25)40)39(29-17(4)10-11-35-28(29)16(2)3)32(42)36-31(26)38(19)13-18(37)5/h6-12,16,18-19,40H,1,13-15H2,2-5H3. The molecule has 2 aromatic heterocycles. The van der Waals surface area contributed by atoms with Crippen LogP contribution in [0.25, 0.3) is 27.7 Å². The van der Waals surface area contributed by atoms with Gasteiger partial charge in [0, 0.05) is 30.9 Å². The van der Waals surface area contributed by atoms with E-state index in [2.05, 4.69) is 16.5 Å². The minimum absolute atomic E-state index is 0.0430. The second-order valence-electron chi connectivity index (χ2n) is 11.8. The molecule has 1 N–H and O–H groups in total. The smallest absolute Gasteiger partial charge is 0.354 e. The van der Waals surface area contributed by atoms with Crippen molar-refractivity contribution < 1.29 is 27.1 Å². The summed E-state index contributed by atoms with van der Waals surface area (Å²) in [5.41, 5.74) is -0.447. The Morgan fingerprint density at radius 3 is 2.60 bits per heavy atom. The number of anilines is 1. The van der Waals surface area contributed by atoms with Gasteiger partial charge in [-0.25, -0.2) is 22.0 Å². The molecule has 2 atom stereocenters. The van der Waals surface area contributed by atoms with Gasteiger partial charge in [-0.15, -0.1) is 0 Å². The van der Waals surface area contributed by atoms with Gasteiger partial charge in [-0.3, -0.25) is 14.3 Å². The molecule has 0 aliphatic carbocycles. The van der Waals surface area contributed by atoms with E-state index in [1.54, 1.807) is 31.0 Å². The molecule has 10 nitrogen and oxygen atoms in total. The number of fused-ring (bicyclic) bond motifs is 2. The van der Waals surface area contributed by atoms with Crippen molar-refractivity contribution in [2.45, 2.75) is 50.6 Å². The van der Waals surface area contributed by atoms with Gasteiger partial charge in [0.15, 0.2) is 15.7 Å². The molecule has 234 valence electrons. The van der Waals surface area contributed by atoms with Crippen molar-refractivity contribution in [2.24, 2.45) is 0 Å². The molecule has 0 radical (unpaired) electrons. The number of aryl methyl sites for hydroxylation is 1. The Kier molecular flexibility index (Phi) is 7.26. The maximum atomic E-state index is 16.8. The van der Waals surface area contributed by atoms with Gasteiger partial charge in [0.25, 0.3) is 0 Å². The molecular weight excluding hydrogens is 604 g/mol. The second-order valence-corrected chi connectivity index (χ2v) is 13.8. The number of piperazine rings is 1. The van der Waals surface area contributed by atoms with Gasteiger partial charge in [-0.05, 0) is 55.7 Å². The zero-order valence-electron chi connectivity index (χ0n) is 25.1. The normalized spacial score (nSPS) is 19.0. The average Bonchev–Trinajstić information content (AvgIpc) is 3.06. The van der Waals surface area contributed by atoms with Crippen LogP contribution < -0.4 is 10.6 Å². The average molecular weight is 636 g/mol. The number of phenols is 1. The fourth-order valence-electron chi connectivity index (χ4n) is 6.48. The molecule has 4 heterocycles. The van der Waals surface area contributed by atoms with E-state index >= 15 is 8.78 Å². The summed E-state index contributed by atoms with van der Waals surface area (Å²) in [5, 5.41) is 10.5. The summed E-state index contributed by atoms with van der Waals surface area (Å²) in [6.07, 6.45) is 2.73. The van der Waals surface area contributed by atoms with Crippen LogP contribution in [0.3, 0.4) is 0 Å². The van der Waals surface area contributed by atoms with Crippen molar-refractivity contribution in [1.29, 1.82) is 0 Å². The van der Waals surface area contributed by atoms with Crippen LogP contribution in [0.15, 0.2) is 58.9 Å². The van der Waals surface area contributed by atoms with Crippen LogP contribution in [0.5, 0.6) is 5.75 Å². The number of hydrogen-bond donors (Lipinski definition) is 1. The molecule has 2 aromatic carbocycles. The lowest BCUT2D eigenvalue weighted by molar-refractivity contribution is -0.128. The molecule has 1 saturated heterocycles. The highest BCUT2D eigenvalue weighted by molar-refractivity contribution is 7.91. The summed E-state index contributed by atoms with van der Waals surface area (Å²) < 4.78 is 61.7. The number of sulfone groups is 1. The molecule has 2 unspecified atom stereocenters. The van der Waals surface area contributed by atoms with Crippen molar-refractivity contribution in [3.63, 3.8) is 0 Å². The van der Waals surface area contributed by atoms with Crippen LogP contribution in [-0.2, 0) is 14.6 Å². The summed E-state index contributed by atoms with van der Waals surface area (Å²) in [4.78, 5) is 38.0. The highest BCUT2D eigenvalue weighted by Gasteiger charge is 2.44. The minimum Gasteiger partial charge on any atom is -0.507 e. The van der Waals surface area contributed by atoms with Crippen LogP contribution in [-0.4, -0.2) is 69.8 Å². The van der Waals surface area contributed by atoms with E-state index in [9.17, 15) is 23.1 Å². The Morgan fingerprint density at radius 2 is 1.93 bits per heavy atom. The Morgan fingerprint density at radius 1 is 1.20 bits per heavy atom. The molecule has 13 heteroatoms. The number of carbonyl (C=O) groups is 1. The first-order valence-electron chi connectivity index (χ1n) is 14.4. The lowest BCUT2D eigenvalue weighted by Crippen LogP contribution is -2.60. The molecule has 45 heavy (non-hydrogen) atoms. The zero-order valence-corrected chi connectivity index (χ0v) is 25.9. The fraction of sp³-hybridized carbons (Fsp3) is 0.312. The summed E-state index contributed by atoms with van der Waals surface area (Å²) in [7, 11) is -4.52. The highest BCUT2D eigenvalue weighted by Crippen LogP contribution is 2.45. The first kappa shape index (κ1) is 30.4. The SMILES string of the molecule is C=CC(=O)N1CC2CS(=O)(=O)c3c(F)c(-c4c(O)cccc4F)cc4c3c(nc(=O)n4-c3c(C)ccnc3C(C)C)N2CC1C. The van der Waals surface area contributed by atoms with Gasteiger partial charge in [0.1, 0.15) is 22.3 Å². The van der Waals surface area contributed by atoms with Crippen molar-refractivity contribution >= 4 is 32.5 Å². The maximum absolute atomic E-state index is 16.8. The zero-order chi connectivity index (χ0) is 32.5. The molecular formula is C32H31F2N5O5S. The summed E-state index contributed by atoms with van der Waals surface area (Å²) in [5.74, 6) is -4.13. The number of nitrogens with zero attached hydrogens (tertiary/aromatic N) is 5. The van der Waals surface area contributed by atoms with E-state index in [1.807, 2.05) is 13.8 Å². The number of halogens is 2. The predicted molar refractivity (Wildman–Crippen MR) is 166 cm³/mol. The molecule has 4 aromatic rings. The number of benzene rings is 2. The summed E-state index contributed by atoms with van der Waals surface area (Å²) in [6.45, 7) is 10.9. The Hall–Kier alpha value is -4.65. The van der Waals surface area contributed by atoms with Gasteiger partial charge in [0.05, 0.1) is 39.6 Å². The van der Waals surface area contributed by atoms with Gasteiger partial charge in [-0.1, -0.05) is 26.5 Å². The van der Waals surface area contributed by atoms with E-state index in [4.69, 9.17) is 0 Å². The Labute approximate surface area is 258 Å². The highest BCUT2D eigenvalue weighted by atomic mass is 32.2. The molecule has 2 aliphatic heterocycles. The van der Waals surface area contributed by atoms with Crippen LogP contribution in [0, 0.1) is 18.6 Å². The Balaban J connectivity index is 1.80. The molecule has 0 saturated carbocycles. The first-order chi connectivity index (χ1) is 21.3. The number of aromatic nitrogens is 3. The molecule has 1 fully saturated rings. The number of hydrogen-bond acceptors (Lipinski definition) is 8. The molecule has 0 bridgehead atoms. The van der Waals surface area contributed by atoms with Gasteiger partial charge in [0.2, 0.25) is 5.91 Å². The number of carbonyl (C=O) groups excluding carboxylic acids is 1. The number of amides is 1. The third-order valence-electron chi connectivity index (χ3n) is 8.54. The molecule has 2 aliphatic rings. The maximum Gasteiger partial charge on any atom is 0.354 e. The topological polar surface area (TPSA) is 126 Å². The van der Waals surface area contributed by atoms with E-state index in [0.717, 1.165) is 18.2 Å². The van der Waals surface area contributed by atoms with Gasteiger partial charge < -0.3 is 14.9 Å². The minimum atomic E-state index is -4.52. The summed E-state index contributed by atoms with van der Waals surface area (Å²) in [6, 6.07) is 4.97. The number of pyridine rings is 1. The van der Waals surface area contributed by atoms with Crippen LogP contribution >= 0.6 is 0 Å². The van der Waals surface area contributed by atoms with Crippen LogP contribution in [0.1, 0.15) is 37.9 Å². The van der Waals surface area contributed by atoms with Crippen LogP contribution in [0.2, 0.25) is 0 Å². The van der Waals surface area contributed by atoms with Gasteiger partial charge in [-0.2, -0.15) is 4.98 Å². The van der Waals surface area contributed by atoms with E-state index in [-0.39, 0.29) is 35.7 Å². The molecule has 1 amide bonds. The van der Waals surface area contributed by atoms with Crippen LogP contribution in [0.4, 0.5) is 14.6 Å². The van der Waals surface area contributed by atoms with E-state index in [0.29, 0.717) is 16.9 Å². The van der Waals surface area contributed by atoms with Crippen molar-refractivity contribution in [1.82, 2.24) is 19.4 Å². The molecule has 0 spiro atoms. The molecule has 6 rings (SSSR count). The Bertz CT molecular complexity index is 2080. The van der Waals surface area contributed by atoms with Crippen molar-refractivity contribution in [3.05, 3.63) is 82.6 Å². The number of rotatable bonds is 4. The lowest BCUT2D eigenvalue weighted by Gasteiger charge is -2.44. The monoisotopic (exact) mass is 635 g/mol. The van der Waals surface area contributed by atoms with Gasteiger partial charge >= 0.3 is 5.69 Å². The fourth-order valence-corrected chi connectivity index (χ4v) is 8.32. The number of aromatic hydroxyl groups is 1. The largest absolute Gasteiger partial charge is 0.507 e. The third kappa shape index (κ3) is 4.68. The number of phenolic OH excluding ortho intramolecular Hbond substituents is 1. The second kappa shape index (κ2) is 10.8. The van der Waals surface area contributed by atoms with E-state index in [1.165, 1.54) is 21.6 Å².